The van der Waals surface area contributed by atoms with Gasteiger partial charge in [0.1, 0.15) is 11.9 Å². The van der Waals surface area contributed by atoms with E-state index in [2.05, 4.69) is 35.8 Å². The van der Waals surface area contributed by atoms with Crippen LogP contribution >= 0.6 is 0 Å². The fourth-order valence-corrected chi connectivity index (χ4v) is 4.62. The zero-order valence-corrected chi connectivity index (χ0v) is 19.0. The lowest BCUT2D eigenvalue weighted by molar-refractivity contribution is 0.140. The Morgan fingerprint density at radius 3 is 2.83 bits per heavy atom. The number of sulfonamides is 1. The smallest absolute Gasteiger partial charge is 0.211 e. The molecule has 1 aromatic carbocycles. The second-order valence-electron chi connectivity index (χ2n) is 8.07. The molecule has 2 N–H and O–H groups in total. The average molecular weight is 439 g/mol. The lowest BCUT2D eigenvalue weighted by atomic mass is 10.1. The van der Waals surface area contributed by atoms with E-state index < -0.39 is 10.0 Å². The molecule has 2 saturated heterocycles. The van der Waals surface area contributed by atoms with Crippen molar-refractivity contribution in [3.05, 3.63) is 29.3 Å². The van der Waals surface area contributed by atoms with Crippen molar-refractivity contribution in [2.75, 3.05) is 45.6 Å². The van der Waals surface area contributed by atoms with Crippen molar-refractivity contribution in [2.45, 2.75) is 39.3 Å². The van der Waals surface area contributed by atoms with Crippen LogP contribution in [0.1, 0.15) is 30.9 Å². The van der Waals surface area contributed by atoms with Gasteiger partial charge in [-0.1, -0.05) is 12.1 Å². The molecule has 0 amide bonds. The lowest BCUT2D eigenvalue weighted by Crippen LogP contribution is -2.40. The van der Waals surface area contributed by atoms with Crippen LogP contribution in [0.4, 0.5) is 0 Å². The van der Waals surface area contributed by atoms with Crippen molar-refractivity contribution in [2.24, 2.45) is 10.9 Å². The number of aliphatic imine (C=N–C) groups is 1. The topological polar surface area (TPSA) is 92.3 Å². The highest BCUT2D eigenvalue weighted by molar-refractivity contribution is 7.88. The third-order valence-electron chi connectivity index (χ3n) is 5.43. The first-order valence-electron chi connectivity index (χ1n) is 10.7. The van der Waals surface area contributed by atoms with Crippen LogP contribution in [0.5, 0.6) is 5.75 Å². The first kappa shape index (κ1) is 22.8. The molecule has 2 aliphatic rings. The zero-order valence-electron chi connectivity index (χ0n) is 18.2. The maximum absolute atomic E-state index is 11.7. The molecule has 2 aliphatic heterocycles. The highest BCUT2D eigenvalue weighted by Crippen LogP contribution is 2.24. The lowest BCUT2D eigenvalue weighted by Gasteiger charge is -2.17. The zero-order chi connectivity index (χ0) is 21.6. The number of benzene rings is 1. The minimum atomic E-state index is -3.11. The van der Waals surface area contributed by atoms with Gasteiger partial charge in [0.2, 0.25) is 10.0 Å². The van der Waals surface area contributed by atoms with Crippen molar-refractivity contribution >= 4 is 16.0 Å². The van der Waals surface area contributed by atoms with Crippen molar-refractivity contribution in [3.63, 3.8) is 0 Å². The Morgan fingerprint density at radius 2 is 2.17 bits per heavy atom. The number of rotatable bonds is 8. The van der Waals surface area contributed by atoms with Gasteiger partial charge < -0.3 is 20.1 Å². The fourth-order valence-electron chi connectivity index (χ4n) is 3.70. The summed E-state index contributed by atoms with van der Waals surface area (Å²) in [6, 6.07) is 6.19. The molecule has 0 spiro atoms. The van der Waals surface area contributed by atoms with Crippen molar-refractivity contribution in [3.8, 4) is 5.75 Å². The van der Waals surface area contributed by atoms with Gasteiger partial charge in [0.15, 0.2) is 5.96 Å². The molecule has 0 radical (unpaired) electrons. The van der Waals surface area contributed by atoms with E-state index in [0.29, 0.717) is 32.8 Å². The van der Waals surface area contributed by atoms with E-state index in [4.69, 9.17) is 14.5 Å². The highest BCUT2D eigenvalue weighted by Gasteiger charge is 2.28. The van der Waals surface area contributed by atoms with Crippen molar-refractivity contribution in [1.29, 1.82) is 0 Å². The van der Waals surface area contributed by atoms with E-state index in [0.717, 1.165) is 48.8 Å². The first-order valence-corrected chi connectivity index (χ1v) is 12.5. The molecule has 8 nitrogen and oxygen atoms in total. The molecule has 2 atom stereocenters. The van der Waals surface area contributed by atoms with E-state index in [1.165, 1.54) is 6.26 Å². The Kier molecular flexibility index (Phi) is 7.96. The summed E-state index contributed by atoms with van der Waals surface area (Å²) in [6.07, 6.45) is 3.14. The summed E-state index contributed by atoms with van der Waals surface area (Å²) in [6.45, 7) is 8.55. The molecule has 2 unspecified atom stereocenters. The molecule has 2 fully saturated rings. The molecule has 3 rings (SSSR count). The summed E-state index contributed by atoms with van der Waals surface area (Å²) in [5, 5.41) is 6.63. The molecular formula is C21H34N4O4S. The van der Waals surface area contributed by atoms with Crippen LogP contribution < -0.4 is 15.4 Å². The molecule has 9 heteroatoms. The molecule has 0 aromatic heterocycles. The minimum absolute atomic E-state index is 0.0982. The summed E-state index contributed by atoms with van der Waals surface area (Å²) in [4.78, 5) is 4.73. The van der Waals surface area contributed by atoms with E-state index in [9.17, 15) is 8.42 Å². The third-order valence-corrected chi connectivity index (χ3v) is 6.70. The van der Waals surface area contributed by atoms with Gasteiger partial charge in [0, 0.05) is 38.2 Å². The van der Waals surface area contributed by atoms with Gasteiger partial charge in [0.05, 0.1) is 26.0 Å². The van der Waals surface area contributed by atoms with Gasteiger partial charge in [-0.25, -0.2) is 17.7 Å². The maximum atomic E-state index is 11.7. The monoisotopic (exact) mass is 438 g/mol. The fraction of sp³-hybridized carbons (Fsp3) is 0.667. The van der Waals surface area contributed by atoms with Gasteiger partial charge in [-0.05, 0) is 37.8 Å². The van der Waals surface area contributed by atoms with E-state index in [1.54, 1.807) is 4.31 Å². The predicted octanol–water partition coefficient (Wildman–Crippen LogP) is 1.50. The van der Waals surface area contributed by atoms with Crippen molar-refractivity contribution < 1.29 is 17.9 Å². The van der Waals surface area contributed by atoms with Crippen LogP contribution in [0, 0.1) is 12.8 Å². The van der Waals surface area contributed by atoms with Gasteiger partial charge in [-0.2, -0.15) is 0 Å². The maximum Gasteiger partial charge on any atom is 0.211 e. The number of aryl methyl sites for hydroxylation is 1. The van der Waals surface area contributed by atoms with Crippen LogP contribution in [-0.4, -0.2) is 70.4 Å². The third kappa shape index (κ3) is 6.58. The highest BCUT2D eigenvalue weighted by atomic mass is 32.2. The Labute approximate surface area is 180 Å². The van der Waals surface area contributed by atoms with Crippen LogP contribution in [-0.2, 0) is 21.3 Å². The van der Waals surface area contributed by atoms with E-state index in [1.807, 2.05) is 6.92 Å². The van der Waals surface area contributed by atoms with E-state index in [-0.39, 0.29) is 12.0 Å². The molecule has 0 bridgehead atoms. The quantitative estimate of drug-likeness (QED) is 0.472. The molecule has 2 heterocycles. The summed E-state index contributed by atoms with van der Waals surface area (Å²) in [7, 11) is -3.11. The van der Waals surface area contributed by atoms with E-state index >= 15 is 0 Å². The normalized spacial score (nSPS) is 23.0. The standard InChI is InChI=1S/C21H34N4O4S/c1-4-22-21(23-12-17-7-9-25(14-17)30(3,26)27)24-13-18-6-5-16(2)11-20(18)29-19-8-10-28-15-19/h5-6,11,17,19H,4,7-10,12-15H2,1-3H3,(H2,22,23,24). The Hall–Kier alpha value is -1.84. The van der Waals surface area contributed by atoms with Crippen LogP contribution in [0.15, 0.2) is 23.2 Å². The number of nitrogens with one attached hydrogen (secondary N) is 2. The van der Waals surface area contributed by atoms with Crippen molar-refractivity contribution in [1.82, 2.24) is 14.9 Å². The molecule has 30 heavy (non-hydrogen) atoms. The summed E-state index contributed by atoms with van der Waals surface area (Å²) >= 11 is 0. The number of ether oxygens (including phenoxy) is 2. The molecule has 0 saturated carbocycles. The molecule has 168 valence electrons. The SMILES string of the molecule is CCNC(=NCc1ccc(C)cc1OC1CCOC1)NCC1CCN(S(C)(=O)=O)C1. The second-order valence-corrected chi connectivity index (χ2v) is 10.0. The molecular weight excluding hydrogens is 404 g/mol. The summed E-state index contributed by atoms with van der Waals surface area (Å²) in [5.41, 5.74) is 2.19. The number of hydrogen-bond donors (Lipinski definition) is 2. The molecule has 1 aromatic rings. The molecule has 0 aliphatic carbocycles. The Morgan fingerprint density at radius 1 is 1.33 bits per heavy atom. The Balaban J connectivity index is 1.60. The van der Waals surface area contributed by atoms with Crippen LogP contribution in [0.2, 0.25) is 0 Å². The van der Waals surface area contributed by atoms with Gasteiger partial charge in [-0.15, -0.1) is 0 Å². The number of hydrogen-bond acceptors (Lipinski definition) is 5. The predicted molar refractivity (Wildman–Crippen MR) is 118 cm³/mol. The second kappa shape index (κ2) is 10.5. The van der Waals surface area contributed by atoms with Gasteiger partial charge in [-0.3, -0.25) is 0 Å². The minimum Gasteiger partial charge on any atom is -0.488 e. The van der Waals surface area contributed by atoms with Gasteiger partial charge in [0.25, 0.3) is 0 Å². The van der Waals surface area contributed by atoms with Crippen LogP contribution in [0.25, 0.3) is 0 Å². The average Bonchev–Trinajstić information content (AvgIpc) is 3.37. The largest absolute Gasteiger partial charge is 0.488 e. The van der Waals surface area contributed by atoms with Crippen LogP contribution in [0.3, 0.4) is 0 Å². The summed E-state index contributed by atoms with van der Waals surface area (Å²) < 4.78 is 36.6. The number of guanidine groups is 1. The summed E-state index contributed by atoms with van der Waals surface area (Å²) in [5.74, 6) is 1.87. The Bertz CT molecular complexity index is 837. The van der Waals surface area contributed by atoms with Gasteiger partial charge >= 0.3 is 0 Å². The first-order chi connectivity index (χ1) is 14.3. The number of nitrogens with zero attached hydrogens (tertiary/aromatic N) is 2.